The van der Waals surface area contributed by atoms with E-state index in [4.69, 9.17) is 4.52 Å². The molecular weight excluding hydrogens is 326 g/mol. The molecule has 24 heavy (non-hydrogen) atoms. The van der Waals surface area contributed by atoms with Crippen molar-refractivity contribution < 1.29 is 9.32 Å². The van der Waals surface area contributed by atoms with E-state index < -0.39 is 0 Å². The molecule has 0 aliphatic carbocycles. The third-order valence-electron chi connectivity index (χ3n) is 3.50. The van der Waals surface area contributed by atoms with Crippen LogP contribution in [0.1, 0.15) is 12.3 Å². The molecule has 0 saturated carbocycles. The SMILES string of the molecule is O=C(CCc1nc(-c2cccs2)no1)Nc1ccc2[nH]ncc2c1. The van der Waals surface area contributed by atoms with Crippen molar-refractivity contribution in [1.82, 2.24) is 20.3 Å². The van der Waals surface area contributed by atoms with E-state index in [9.17, 15) is 4.79 Å². The Labute approximate surface area is 140 Å². The molecule has 4 rings (SSSR count). The first kappa shape index (κ1) is 14.6. The number of rotatable bonds is 5. The molecule has 1 aromatic carbocycles. The lowest BCUT2D eigenvalue weighted by Gasteiger charge is -2.04. The van der Waals surface area contributed by atoms with Crippen molar-refractivity contribution in [3.8, 4) is 10.7 Å². The number of carbonyl (C=O) groups excluding carboxylic acids is 1. The highest BCUT2D eigenvalue weighted by molar-refractivity contribution is 7.13. The van der Waals surface area contributed by atoms with Crippen molar-refractivity contribution in [3.63, 3.8) is 0 Å². The Morgan fingerprint density at radius 2 is 2.29 bits per heavy atom. The molecule has 1 amide bonds. The first-order valence-corrected chi connectivity index (χ1v) is 8.25. The Bertz CT molecular complexity index is 973. The summed E-state index contributed by atoms with van der Waals surface area (Å²) >= 11 is 1.55. The second kappa shape index (κ2) is 6.25. The van der Waals surface area contributed by atoms with E-state index in [0.29, 0.717) is 18.1 Å². The molecular formula is C16H13N5O2S. The minimum absolute atomic E-state index is 0.103. The lowest BCUT2D eigenvalue weighted by atomic mass is 10.2. The van der Waals surface area contributed by atoms with Crippen LogP contribution in [0.4, 0.5) is 5.69 Å². The molecule has 0 radical (unpaired) electrons. The molecule has 0 aliphatic heterocycles. The number of thiophene rings is 1. The standard InChI is InChI=1S/C16H13N5O2S/c22-14(18-11-3-4-12-10(8-11)9-17-20-12)5-6-15-19-16(21-23-15)13-2-1-7-24-13/h1-4,7-9H,5-6H2,(H,17,20)(H,18,22). The van der Waals surface area contributed by atoms with Crippen molar-refractivity contribution in [3.05, 3.63) is 47.8 Å². The molecule has 0 unspecified atom stereocenters. The molecule has 2 N–H and O–H groups in total. The number of nitrogens with one attached hydrogen (secondary N) is 2. The van der Waals surface area contributed by atoms with Crippen LogP contribution in [-0.4, -0.2) is 26.2 Å². The molecule has 3 heterocycles. The lowest BCUT2D eigenvalue weighted by molar-refractivity contribution is -0.116. The number of fused-ring (bicyclic) bond motifs is 1. The van der Waals surface area contributed by atoms with Gasteiger partial charge in [-0.2, -0.15) is 10.1 Å². The van der Waals surface area contributed by atoms with Crippen LogP contribution in [-0.2, 0) is 11.2 Å². The molecule has 0 fully saturated rings. The molecule has 0 spiro atoms. The van der Waals surface area contributed by atoms with Gasteiger partial charge in [0.2, 0.25) is 17.6 Å². The summed E-state index contributed by atoms with van der Waals surface area (Å²) in [5.74, 6) is 0.915. The topological polar surface area (TPSA) is 96.7 Å². The fourth-order valence-corrected chi connectivity index (χ4v) is 2.98. The number of carbonyl (C=O) groups is 1. The van der Waals surface area contributed by atoms with Crippen LogP contribution in [0.25, 0.3) is 21.6 Å². The van der Waals surface area contributed by atoms with Crippen LogP contribution in [0.2, 0.25) is 0 Å². The summed E-state index contributed by atoms with van der Waals surface area (Å²) in [5.41, 5.74) is 1.67. The number of anilines is 1. The average Bonchev–Trinajstić information content (AvgIpc) is 3.32. The van der Waals surface area contributed by atoms with Crippen molar-refractivity contribution in [2.24, 2.45) is 0 Å². The van der Waals surface area contributed by atoms with Crippen molar-refractivity contribution in [2.75, 3.05) is 5.32 Å². The first-order chi connectivity index (χ1) is 11.8. The summed E-state index contributed by atoms with van der Waals surface area (Å²) in [6, 6.07) is 9.44. The summed E-state index contributed by atoms with van der Waals surface area (Å²) in [6.45, 7) is 0. The molecule has 0 atom stereocenters. The maximum atomic E-state index is 12.1. The van der Waals surface area contributed by atoms with Gasteiger partial charge in [0.25, 0.3) is 0 Å². The molecule has 0 aliphatic rings. The van der Waals surface area contributed by atoms with Crippen molar-refractivity contribution in [2.45, 2.75) is 12.8 Å². The number of H-pyrrole nitrogens is 1. The number of aromatic nitrogens is 4. The first-order valence-electron chi connectivity index (χ1n) is 7.37. The van der Waals surface area contributed by atoms with Gasteiger partial charge >= 0.3 is 0 Å². The highest BCUT2D eigenvalue weighted by atomic mass is 32.1. The largest absolute Gasteiger partial charge is 0.339 e. The average molecular weight is 339 g/mol. The Morgan fingerprint density at radius 3 is 3.17 bits per heavy atom. The van der Waals surface area contributed by atoms with E-state index >= 15 is 0 Å². The third-order valence-corrected chi connectivity index (χ3v) is 4.37. The molecule has 4 aromatic rings. The smallest absolute Gasteiger partial charge is 0.227 e. The quantitative estimate of drug-likeness (QED) is 0.582. The van der Waals surface area contributed by atoms with Crippen LogP contribution < -0.4 is 5.32 Å². The van der Waals surface area contributed by atoms with Gasteiger partial charge in [0.15, 0.2) is 0 Å². The molecule has 0 bridgehead atoms. The van der Waals surface area contributed by atoms with Crippen LogP contribution in [0.15, 0.2) is 46.4 Å². The normalized spacial score (nSPS) is 11.0. The number of aryl methyl sites for hydroxylation is 1. The summed E-state index contributed by atoms with van der Waals surface area (Å²) < 4.78 is 5.19. The number of aromatic amines is 1. The highest BCUT2D eigenvalue weighted by Crippen LogP contribution is 2.21. The number of nitrogens with zero attached hydrogens (tertiary/aromatic N) is 3. The van der Waals surface area contributed by atoms with Gasteiger partial charge in [0, 0.05) is 23.9 Å². The minimum atomic E-state index is -0.103. The lowest BCUT2D eigenvalue weighted by Crippen LogP contribution is -2.12. The maximum absolute atomic E-state index is 12.1. The Balaban J connectivity index is 1.36. The molecule has 3 aromatic heterocycles. The van der Waals surface area contributed by atoms with Crippen molar-refractivity contribution >= 4 is 33.8 Å². The van der Waals surface area contributed by atoms with E-state index in [2.05, 4.69) is 25.7 Å². The summed E-state index contributed by atoms with van der Waals surface area (Å²) in [6.07, 6.45) is 2.39. The van der Waals surface area contributed by atoms with Gasteiger partial charge in [0.1, 0.15) is 0 Å². The summed E-state index contributed by atoms with van der Waals surface area (Å²) in [4.78, 5) is 17.3. The van der Waals surface area contributed by atoms with Crippen LogP contribution in [0, 0.1) is 0 Å². The van der Waals surface area contributed by atoms with Gasteiger partial charge in [-0.3, -0.25) is 9.89 Å². The second-order valence-electron chi connectivity index (χ2n) is 5.21. The summed E-state index contributed by atoms with van der Waals surface area (Å²) in [7, 11) is 0. The highest BCUT2D eigenvalue weighted by Gasteiger charge is 2.11. The van der Waals surface area contributed by atoms with E-state index in [-0.39, 0.29) is 12.3 Å². The Hall–Kier alpha value is -3.00. The predicted molar refractivity (Wildman–Crippen MR) is 90.7 cm³/mol. The number of benzene rings is 1. The van der Waals surface area contributed by atoms with Crippen LogP contribution in [0.5, 0.6) is 0 Å². The Kier molecular flexibility index (Phi) is 3.80. The van der Waals surface area contributed by atoms with Gasteiger partial charge in [-0.15, -0.1) is 11.3 Å². The van der Waals surface area contributed by atoms with E-state index in [1.165, 1.54) is 0 Å². The predicted octanol–water partition coefficient (Wildman–Crippen LogP) is 3.25. The van der Waals surface area contributed by atoms with E-state index in [1.807, 2.05) is 35.7 Å². The van der Waals surface area contributed by atoms with E-state index in [1.54, 1.807) is 17.5 Å². The van der Waals surface area contributed by atoms with Crippen molar-refractivity contribution in [1.29, 1.82) is 0 Å². The van der Waals surface area contributed by atoms with Crippen LogP contribution >= 0.6 is 11.3 Å². The van der Waals surface area contributed by atoms with E-state index in [0.717, 1.165) is 21.5 Å². The van der Waals surface area contributed by atoms with Gasteiger partial charge < -0.3 is 9.84 Å². The number of amides is 1. The summed E-state index contributed by atoms with van der Waals surface area (Å²) in [5, 5.41) is 16.5. The molecule has 7 nitrogen and oxygen atoms in total. The van der Waals surface area contributed by atoms with Gasteiger partial charge in [-0.1, -0.05) is 11.2 Å². The van der Waals surface area contributed by atoms with Gasteiger partial charge in [-0.25, -0.2) is 0 Å². The third kappa shape index (κ3) is 3.04. The zero-order chi connectivity index (χ0) is 16.4. The zero-order valence-corrected chi connectivity index (χ0v) is 13.3. The monoisotopic (exact) mass is 339 g/mol. The fourth-order valence-electron chi connectivity index (χ4n) is 2.33. The zero-order valence-electron chi connectivity index (χ0n) is 12.5. The molecule has 8 heteroatoms. The molecule has 0 saturated heterocycles. The number of hydrogen-bond donors (Lipinski definition) is 2. The van der Waals surface area contributed by atoms with Gasteiger partial charge in [0.05, 0.1) is 16.6 Å². The minimum Gasteiger partial charge on any atom is -0.339 e. The second-order valence-corrected chi connectivity index (χ2v) is 6.16. The maximum Gasteiger partial charge on any atom is 0.227 e. The number of hydrogen-bond acceptors (Lipinski definition) is 6. The fraction of sp³-hybridized carbons (Fsp3) is 0.125. The van der Waals surface area contributed by atoms with Crippen LogP contribution in [0.3, 0.4) is 0 Å². The molecule has 120 valence electrons. The Morgan fingerprint density at radius 1 is 1.33 bits per heavy atom. The van der Waals surface area contributed by atoms with Gasteiger partial charge in [-0.05, 0) is 29.6 Å².